The van der Waals surface area contributed by atoms with E-state index in [-0.39, 0.29) is 23.8 Å². The van der Waals surface area contributed by atoms with Gasteiger partial charge in [-0.05, 0) is 38.8 Å². The molecule has 1 aromatic heterocycles. The Morgan fingerprint density at radius 2 is 1.95 bits per heavy atom. The Balaban J connectivity index is 2.02. The van der Waals surface area contributed by atoms with Gasteiger partial charge in [0.15, 0.2) is 0 Å². The summed E-state index contributed by atoms with van der Waals surface area (Å²) in [5, 5.41) is 0. The van der Waals surface area contributed by atoms with E-state index in [9.17, 15) is 9.59 Å². The second-order valence-corrected chi connectivity index (χ2v) is 5.48. The van der Waals surface area contributed by atoms with Gasteiger partial charge < -0.3 is 14.2 Å². The van der Waals surface area contributed by atoms with Crippen LogP contribution in [0.25, 0.3) is 0 Å². The van der Waals surface area contributed by atoms with Crippen LogP contribution < -0.4 is 0 Å². The third kappa shape index (κ3) is 2.86. The summed E-state index contributed by atoms with van der Waals surface area (Å²) in [6, 6.07) is 4.01. The highest BCUT2D eigenvalue weighted by molar-refractivity contribution is 5.93. The minimum Gasteiger partial charge on any atom is -0.469 e. The molecule has 1 aliphatic rings. The molecule has 0 saturated carbocycles. The fourth-order valence-electron chi connectivity index (χ4n) is 2.67. The Bertz CT molecular complexity index is 485. The van der Waals surface area contributed by atoms with Crippen LogP contribution >= 0.6 is 0 Å². The predicted molar refractivity (Wildman–Crippen MR) is 75.5 cm³/mol. The van der Waals surface area contributed by atoms with E-state index < -0.39 is 0 Å². The van der Waals surface area contributed by atoms with Crippen molar-refractivity contribution in [2.75, 3.05) is 20.2 Å². The van der Waals surface area contributed by atoms with Crippen molar-refractivity contribution in [3.63, 3.8) is 0 Å². The van der Waals surface area contributed by atoms with E-state index in [2.05, 4.69) is 13.8 Å². The summed E-state index contributed by atoms with van der Waals surface area (Å²) in [4.78, 5) is 25.8. The lowest BCUT2D eigenvalue weighted by Crippen LogP contribution is -2.41. The molecule has 1 fully saturated rings. The van der Waals surface area contributed by atoms with Gasteiger partial charge in [0.25, 0.3) is 5.91 Å². The smallest absolute Gasteiger partial charge is 0.308 e. The second-order valence-electron chi connectivity index (χ2n) is 5.48. The van der Waals surface area contributed by atoms with Crippen LogP contribution in [-0.2, 0) is 9.53 Å². The van der Waals surface area contributed by atoms with Gasteiger partial charge in [-0.15, -0.1) is 0 Å². The SMILES string of the molecule is COC(=O)C1CCN(C(=O)c2cccn2C(C)C)CC1. The summed E-state index contributed by atoms with van der Waals surface area (Å²) in [5.41, 5.74) is 0.719. The van der Waals surface area contributed by atoms with E-state index >= 15 is 0 Å². The number of ether oxygens (including phenoxy) is 1. The van der Waals surface area contributed by atoms with Crippen LogP contribution in [0.4, 0.5) is 0 Å². The first-order valence-electron chi connectivity index (χ1n) is 7.08. The molecule has 0 unspecified atom stereocenters. The Kier molecular flexibility index (Phi) is 4.47. The normalized spacial score (nSPS) is 16.5. The molecule has 0 atom stereocenters. The number of hydrogen-bond acceptors (Lipinski definition) is 3. The molecular weight excluding hydrogens is 256 g/mol. The molecule has 110 valence electrons. The van der Waals surface area contributed by atoms with Crippen LogP contribution in [0.1, 0.15) is 43.2 Å². The number of amides is 1. The zero-order valence-electron chi connectivity index (χ0n) is 12.3. The number of methoxy groups -OCH3 is 1. The Hall–Kier alpha value is -1.78. The molecule has 1 aliphatic heterocycles. The maximum Gasteiger partial charge on any atom is 0.308 e. The molecule has 5 heteroatoms. The van der Waals surface area contributed by atoms with E-state index in [0.717, 1.165) is 5.69 Å². The van der Waals surface area contributed by atoms with Crippen molar-refractivity contribution >= 4 is 11.9 Å². The number of carbonyl (C=O) groups excluding carboxylic acids is 2. The number of likely N-dealkylation sites (tertiary alicyclic amines) is 1. The molecule has 2 heterocycles. The molecule has 20 heavy (non-hydrogen) atoms. The van der Waals surface area contributed by atoms with Crippen LogP contribution in [0.15, 0.2) is 18.3 Å². The molecule has 2 rings (SSSR count). The first kappa shape index (κ1) is 14.6. The molecule has 5 nitrogen and oxygen atoms in total. The first-order chi connectivity index (χ1) is 9.54. The Labute approximate surface area is 119 Å². The quantitative estimate of drug-likeness (QED) is 0.796. The lowest BCUT2D eigenvalue weighted by Gasteiger charge is -2.31. The summed E-state index contributed by atoms with van der Waals surface area (Å²) in [6.45, 7) is 5.34. The number of nitrogens with zero attached hydrogens (tertiary/aromatic N) is 2. The molecule has 1 saturated heterocycles. The van der Waals surface area contributed by atoms with Crippen molar-refractivity contribution < 1.29 is 14.3 Å². The van der Waals surface area contributed by atoms with Crippen LogP contribution in [0.3, 0.4) is 0 Å². The largest absolute Gasteiger partial charge is 0.469 e. The second kappa shape index (κ2) is 6.11. The summed E-state index contributed by atoms with van der Waals surface area (Å²) in [5.74, 6) is -0.185. The highest BCUT2D eigenvalue weighted by Crippen LogP contribution is 2.21. The van der Waals surface area contributed by atoms with Gasteiger partial charge in [-0.3, -0.25) is 9.59 Å². The van der Waals surface area contributed by atoms with E-state index in [4.69, 9.17) is 4.74 Å². The third-order valence-corrected chi connectivity index (χ3v) is 3.87. The molecule has 1 amide bonds. The van der Waals surface area contributed by atoms with Gasteiger partial charge >= 0.3 is 5.97 Å². The van der Waals surface area contributed by atoms with Crippen molar-refractivity contribution in [1.29, 1.82) is 0 Å². The van der Waals surface area contributed by atoms with E-state index in [1.165, 1.54) is 7.11 Å². The molecule has 0 N–H and O–H groups in total. The highest BCUT2D eigenvalue weighted by Gasteiger charge is 2.29. The van der Waals surface area contributed by atoms with Gasteiger partial charge in [0.1, 0.15) is 5.69 Å². The number of esters is 1. The van der Waals surface area contributed by atoms with Gasteiger partial charge in [0, 0.05) is 25.3 Å². The van der Waals surface area contributed by atoms with Crippen LogP contribution in [-0.4, -0.2) is 41.5 Å². The fourth-order valence-corrected chi connectivity index (χ4v) is 2.67. The number of rotatable bonds is 3. The number of carbonyl (C=O) groups is 2. The molecule has 0 spiro atoms. The maximum atomic E-state index is 12.5. The molecule has 0 radical (unpaired) electrons. The zero-order valence-corrected chi connectivity index (χ0v) is 12.3. The van der Waals surface area contributed by atoms with Crippen molar-refractivity contribution in [2.24, 2.45) is 5.92 Å². The van der Waals surface area contributed by atoms with Crippen molar-refractivity contribution in [3.8, 4) is 0 Å². The first-order valence-corrected chi connectivity index (χ1v) is 7.08. The van der Waals surface area contributed by atoms with Crippen LogP contribution in [0, 0.1) is 5.92 Å². The number of aromatic nitrogens is 1. The maximum absolute atomic E-state index is 12.5. The zero-order chi connectivity index (χ0) is 14.7. The van der Waals surface area contributed by atoms with E-state index in [0.29, 0.717) is 25.9 Å². The summed E-state index contributed by atoms with van der Waals surface area (Å²) < 4.78 is 6.74. The molecule has 0 aliphatic carbocycles. The van der Waals surface area contributed by atoms with Crippen molar-refractivity contribution in [1.82, 2.24) is 9.47 Å². The van der Waals surface area contributed by atoms with Gasteiger partial charge in [-0.1, -0.05) is 0 Å². The van der Waals surface area contributed by atoms with Crippen molar-refractivity contribution in [2.45, 2.75) is 32.7 Å². The van der Waals surface area contributed by atoms with Gasteiger partial charge in [-0.2, -0.15) is 0 Å². The van der Waals surface area contributed by atoms with Gasteiger partial charge in [0.05, 0.1) is 13.0 Å². The minimum absolute atomic E-state index is 0.0482. The van der Waals surface area contributed by atoms with Gasteiger partial charge in [-0.25, -0.2) is 0 Å². The summed E-state index contributed by atoms with van der Waals surface area (Å²) >= 11 is 0. The molecule has 0 bridgehead atoms. The topological polar surface area (TPSA) is 51.5 Å². The van der Waals surface area contributed by atoms with E-state index in [1.807, 2.05) is 27.8 Å². The Morgan fingerprint density at radius 3 is 2.50 bits per heavy atom. The number of hydrogen-bond donors (Lipinski definition) is 0. The lowest BCUT2D eigenvalue weighted by molar-refractivity contribution is -0.146. The van der Waals surface area contributed by atoms with E-state index in [1.54, 1.807) is 0 Å². The summed E-state index contributed by atoms with van der Waals surface area (Å²) in [6.07, 6.45) is 3.29. The number of piperidine rings is 1. The average molecular weight is 278 g/mol. The van der Waals surface area contributed by atoms with Crippen molar-refractivity contribution in [3.05, 3.63) is 24.0 Å². The van der Waals surface area contributed by atoms with Crippen LogP contribution in [0.2, 0.25) is 0 Å². The monoisotopic (exact) mass is 278 g/mol. The fraction of sp³-hybridized carbons (Fsp3) is 0.600. The summed E-state index contributed by atoms with van der Waals surface area (Å²) in [7, 11) is 1.41. The predicted octanol–water partition coefficient (Wildman–Crippen LogP) is 2.09. The standard InChI is InChI=1S/C15H22N2O3/c1-11(2)17-8-4-5-13(17)14(18)16-9-6-12(7-10-16)15(19)20-3/h4-5,8,11-12H,6-7,9-10H2,1-3H3. The lowest BCUT2D eigenvalue weighted by atomic mass is 9.97. The Morgan fingerprint density at radius 1 is 1.30 bits per heavy atom. The molecule has 1 aromatic rings. The molecular formula is C15H22N2O3. The van der Waals surface area contributed by atoms with Crippen LogP contribution in [0.5, 0.6) is 0 Å². The third-order valence-electron chi connectivity index (χ3n) is 3.87. The van der Waals surface area contributed by atoms with Gasteiger partial charge in [0.2, 0.25) is 0 Å². The highest BCUT2D eigenvalue weighted by atomic mass is 16.5. The average Bonchev–Trinajstić information content (AvgIpc) is 2.95. The minimum atomic E-state index is -0.164. The molecule has 0 aromatic carbocycles.